The lowest BCUT2D eigenvalue weighted by atomic mass is 9.97. The number of amides is 2. The molecule has 0 bridgehead atoms. The van der Waals surface area contributed by atoms with Crippen molar-refractivity contribution in [1.29, 1.82) is 0 Å². The highest BCUT2D eigenvalue weighted by atomic mass is 16.7. The molecular formula is C44H54N4O5. The van der Waals surface area contributed by atoms with E-state index in [1.54, 1.807) is 0 Å². The van der Waals surface area contributed by atoms with Crippen LogP contribution in [-0.2, 0) is 38.8 Å². The third-order valence-electron chi connectivity index (χ3n) is 10.2. The van der Waals surface area contributed by atoms with Gasteiger partial charge in [0.1, 0.15) is 0 Å². The predicted molar refractivity (Wildman–Crippen MR) is 207 cm³/mol. The maximum Gasteiger partial charge on any atom is 0.220 e. The molecule has 4 aromatic carbocycles. The lowest BCUT2D eigenvalue weighted by Crippen LogP contribution is -2.49. The average molecular weight is 719 g/mol. The molecule has 6 rings (SSSR count). The number of benzene rings is 4. The summed E-state index contributed by atoms with van der Waals surface area (Å²) < 4.78 is 13.4. The summed E-state index contributed by atoms with van der Waals surface area (Å²) in [7, 11) is 0. The maximum absolute atomic E-state index is 12.6. The van der Waals surface area contributed by atoms with E-state index in [1.807, 2.05) is 24.3 Å². The van der Waals surface area contributed by atoms with Gasteiger partial charge in [0.05, 0.1) is 18.8 Å². The van der Waals surface area contributed by atoms with Crippen LogP contribution in [0.2, 0.25) is 0 Å². The van der Waals surface area contributed by atoms with Crippen LogP contribution < -0.4 is 10.6 Å². The maximum atomic E-state index is 12.6. The van der Waals surface area contributed by atoms with Crippen LogP contribution in [0.3, 0.4) is 0 Å². The van der Waals surface area contributed by atoms with E-state index in [0.29, 0.717) is 19.5 Å². The molecule has 280 valence electrons. The summed E-state index contributed by atoms with van der Waals surface area (Å²) >= 11 is 0. The van der Waals surface area contributed by atoms with Gasteiger partial charge in [-0.15, -0.1) is 0 Å². The first-order chi connectivity index (χ1) is 25.9. The van der Waals surface area contributed by atoms with Gasteiger partial charge < -0.3 is 25.2 Å². The van der Waals surface area contributed by atoms with Crippen LogP contribution in [0.15, 0.2) is 103 Å². The molecule has 2 saturated heterocycles. The smallest absolute Gasteiger partial charge is 0.220 e. The quantitative estimate of drug-likeness (QED) is 0.113. The van der Waals surface area contributed by atoms with Gasteiger partial charge in [-0.3, -0.25) is 19.4 Å². The van der Waals surface area contributed by atoms with Crippen molar-refractivity contribution in [2.75, 3.05) is 39.3 Å². The second-order valence-electron chi connectivity index (χ2n) is 14.3. The van der Waals surface area contributed by atoms with Gasteiger partial charge in [0.15, 0.2) is 6.29 Å². The third kappa shape index (κ3) is 11.6. The Hall–Kier alpha value is -4.38. The molecular weight excluding hydrogens is 665 g/mol. The van der Waals surface area contributed by atoms with E-state index >= 15 is 0 Å². The topological polar surface area (TPSA) is 103 Å². The van der Waals surface area contributed by atoms with Gasteiger partial charge in [0.25, 0.3) is 0 Å². The van der Waals surface area contributed by atoms with Crippen molar-refractivity contribution in [3.05, 3.63) is 131 Å². The molecule has 3 atom stereocenters. The largest absolute Gasteiger partial charge is 0.392 e. The number of carbonyl (C=O) groups excluding carboxylic acids is 2. The Balaban J connectivity index is 1.07. The zero-order chi connectivity index (χ0) is 36.8. The van der Waals surface area contributed by atoms with E-state index in [9.17, 15) is 14.7 Å². The van der Waals surface area contributed by atoms with E-state index in [4.69, 9.17) is 9.47 Å². The highest BCUT2D eigenvalue weighted by molar-refractivity contribution is 5.76. The van der Waals surface area contributed by atoms with Gasteiger partial charge >= 0.3 is 0 Å². The second kappa shape index (κ2) is 19.6. The molecule has 2 aliphatic rings. The number of nitrogens with zero attached hydrogens (tertiary/aromatic N) is 2. The number of hydrogen-bond acceptors (Lipinski definition) is 7. The van der Waals surface area contributed by atoms with E-state index in [-0.39, 0.29) is 30.6 Å². The van der Waals surface area contributed by atoms with Crippen molar-refractivity contribution in [2.24, 2.45) is 0 Å². The molecule has 2 heterocycles. The predicted octanol–water partition coefficient (Wildman–Crippen LogP) is 6.52. The van der Waals surface area contributed by atoms with Gasteiger partial charge in [0.2, 0.25) is 11.8 Å². The number of carbonyl (C=O) groups is 2. The van der Waals surface area contributed by atoms with Gasteiger partial charge in [-0.25, -0.2) is 0 Å². The lowest BCUT2D eigenvalue weighted by molar-refractivity contribution is -0.253. The Morgan fingerprint density at radius 2 is 1.43 bits per heavy atom. The summed E-state index contributed by atoms with van der Waals surface area (Å²) in [5.74, 6) is 0.0104. The van der Waals surface area contributed by atoms with Crippen LogP contribution in [0.5, 0.6) is 0 Å². The standard InChI is InChI=1S/C44H54N4O5/c1-33(50)45-23-9-3-6-14-43(51)46-29-39-12-7-8-13-41(39)36-19-21-38(22-20-36)44-52-40(28-42(53-44)37-17-15-35(32-49)16-18-37)31-48-26-24-47(25-27-48)30-34-10-4-2-5-11-34/h2,4-5,7-8,10-13,15-22,40,42,44,49H,3,6,9,14,23-32H2,1H3,(H,45,50)(H,46,51). The molecule has 0 saturated carbocycles. The minimum atomic E-state index is -0.516. The number of aliphatic hydroxyl groups is 1. The number of piperazine rings is 1. The van der Waals surface area contributed by atoms with Crippen LogP contribution in [0.25, 0.3) is 11.1 Å². The first kappa shape index (κ1) is 38.3. The fourth-order valence-corrected chi connectivity index (χ4v) is 7.20. The van der Waals surface area contributed by atoms with Gasteiger partial charge in [-0.1, -0.05) is 110 Å². The zero-order valence-corrected chi connectivity index (χ0v) is 30.9. The van der Waals surface area contributed by atoms with Crippen molar-refractivity contribution in [1.82, 2.24) is 20.4 Å². The summed E-state index contributed by atoms with van der Waals surface area (Å²) in [4.78, 5) is 28.7. The van der Waals surface area contributed by atoms with Crippen LogP contribution in [0, 0.1) is 0 Å². The number of ether oxygens (including phenoxy) is 2. The van der Waals surface area contributed by atoms with E-state index in [2.05, 4.69) is 99.3 Å². The van der Waals surface area contributed by atoms with Crippen molar-refractivity contribution < 1.29 is 24.2 Å². The molecule has 0 aromatic heterocycles. The molecule has 0 radical (unpaired) electrons. The number of aliphatic hydroxyl groups excluding tert-OH is 1. The van der Waals surface area contributed by atoms with Crippen molar-refractivity contribution >= 4 is 11.8 Å². The van der Waals surface area contributed by atoms with Gasteiger partial charge in [-0.2, -0.15) is 0 Å². The van der Waals surface area contributed by atoms with Crippen LogP contribution in [0.1, 0.15) is 79.2 Å². The van der Waals surface area contributed by atoms with Gasteiger partial charge in [0, 0.05) is 77.7 Å². The van der Waals surface area contributed by atoms with Crippen molar-refractivity contribution in [3.8, 4) is 11.1 Å². The first-order valence-corrected chi connectivity index (χ1v) is 19.1. The molecule has 3 N–H and O–H groups in total. The fraction of sp³-hybridized carbons (Fsp3) is 0.409. The first-order valence-electron chi connectivity index (χ1n) is 19.1. The number of unbranched alkanes of at least 4 members (excludes halogenated alkanes) is 2. The summed E-state index contributed by atoms with van der Waals surface area (Å²) in [6.07, 6.45) is 3.14. The normalized spacial score (nSPS) is 19.5. The third-order valence-corrected chi connectivity index (χ3v) is 10.2. The summed E-state index contributed by atoms with van der Waals surface area (Å²) in [6, 6.07) is 35.3. The summed E-state index contributed by atoms with van der Waals surface area (Å²) in [6.45, 7) is 8.52. The van der Waals surface area contributed by atoms with Crippen molar-refractivity contribution in [2.45, 2.75) is 77.2 Å². The Labute approximate surface area is 314 Å². The molecule has 2 aliphatic heterocycles. The minimum absolute atomic E-state index is 0.00170. The molecule has 9 heteroatoms. The molecule has 3 unspecified atom stereocenters. The van der Waals surface area contributed by atoms with E-state index in [1.165, 1.54) is 12.5 Å². The molecule has 9 nitrogen and oxygen atoms in total. The van der Waals surface area contributed by atoms with Crippen LogP contribution in [-0.4, -0.2) is 72.1 Å². The fourth-order valence-electron chi connectivity index (χ4n) is 7.20. The summed E-state index contributed by atoms with van der Waals surface area (Å²) in [5.41, 5.74) is 7.48. The Bertz CT molecular complexity index is 1730. The minimum Gasteiger partial charge on any atom is -0.392 e. The van der Waals surface area contributed by atoms with Crippen molar-refractivity contribution in [3.63, 3.8) is 0 Å². The molecule has 53 heavy (non-hydrogen) atoms. The molecule has 0 aliphatic carbocycles. The second-order valence-corrected chi connectivity index (χ2v) is 14.3. The highest BCUT2D eigenvalue weighted by Gasteiger charge is 2.34. The van der Waals surface area contributed by atoms with Crippen LogP contribution in [0.4, 0.5) is 0 Å². The van der Waals surface area contributed by atoms with E-state index in [0.717, 1.165) is 98.3 Å². The molecule has 4 aromatic rings. The number of rotatable bonds is 16. The zero-order valence-electron chi connectivity index (χ0n) is 30.9. The number of hydrogen-bond donors (Lipinski definition) is 3. The summed E-state index contributed by atoms with van der Waals surface area (Å²) in [5, 5.41) is 15.5. The lowest BCUT2D eigenvalue weighted by Gasteiger charge is -2.40. The highest BCUT2D eigenvalue weighted by Crippen LogP contribution is 2.39. The Morgan fingerprint density at radius 3 is 2.17 bits per heavy atom. The number of nitrogens with one attached hydrogen (secondary N) is 2. The van der Waals surface area contributed by atoms with E-state index < -0.39 is 6.29 Å². The SMILES string of the molecule is CC(=O)NCCCCCC(=O)NCc1ccccc1-c1ccc(C2OC(CN3CCN(Cc4ccccc4)CC3)CC(c3ccc(CO)cc3)O2)cc1. The Morgan fingerprint density at radius 1 is 0.736 bits per heavy atom. The van der Waals surface area contributed by atoms with Crippen LogP contribution >= 0.6 is 0 Å². The average Bonchev–Trinajstić information content (AvgIpc) is 3.19. The molecule has 2 amide bonds. The molecule has 2 fully saturated rings. The monoisotopic (exact) mass is 718 g/mol. The Kier molecular flexibility index (Phi) is 14.2. The molecule has 0 spiro atoms. The van der Waals surface area contributed by atoms with Gasteiger partial charge in [-0.05, 0) is 46.2 Å².